The van der Waals surface area contributed by atoms with Crippen LogP contribution in [0, 0.1) is 5.92 Å². The van der Waals surface area contributed by atoms with Crippen molar-refractivity contribution in [2.45, 2.75) is 32.6 Å². The zero-order chi connectivity index (χ0) is 15.8. The summed E-state index contributed by atoms with van der Waals surface area (Å²) in [6, 6.07) is 8.05. The molecule has 5 heteroatoms. The summed E-state index contributed by atoms with van der Waals surface area (Å²) in [4.78, 5) is 14.5. The number of benzene rings is 1. The van der Waals surface area contributed by atoms with Crippen molar-refractivity contribution in [3.8, 4) is 0 Å². The number of nitrogens with zero attached hydrogens (tertiary/aromatic N) is 1. The monoisotopic (exact) mass is 339 g/mol. The maximum atomic E-state index is 12.2. The minimum atomic E-state index is 0. The number of rotatable bonds is 7. The molecule has 1 aliphatic heterocycles. The Bertz CT molecular complexity index is 473. The second-order valence-electron chi connectivity index (χ2n) is 6.17. The first-order valence-electron chi connectivity index (χ1n) is 8.47. The van der Waals surface area contributed by atoms with Gasteiger partial charge in [0.2, 0.25) is 5.91 Å². The van der Waals surface area contributed by atoms with Crippen LogP contribution in [0.2, 0.25) is 0 Å². The highest BCUT2D eigenvalue weighted by Gasteiger charge is 2.20. The van der Waals surface area contributed by atoms with E-state index in [-0.39, 0.29) is 18.3 Å². The lowest BCUT2D eigenvalue weighted by atomic mass is 9.93. The van der Waals surface area contributed by atoms with Crippen LogP contribution in [0.15, 0.2) is 24.3 Å². The number of amides is 1. The number of aryl methyl sites for hydroxylation is 1. The Balaban J connectivity index is 0.00000264. The molecular weight excluding hydrogens is 310 g/mol. The van der Waals surface area contributed by atoms with E-state index in [0.29, 0.717) is 6.54 Å². The standard InChI is InChI=1S/C18H29N3O.ClH/c1-3-16-6-4-5-7-17(16)20-18(22)14-21-12-9-15(10-13-21)8-11-19-2;/h4-7,15,19H,3,8-14H2,1-2H3,(H,20,22);1H. The molecular formula is C18H30ClN3O. The van der Waals surface area contributed by atoms with Gasteiger partial charge in [-0.05, 0) is 69.9 Å². The quantitative estimate of drug-likeness (QED) is 0.802. The molecule has 2 N–H and O–H groups in total. The fourth-order valence-corrected chi connectivity index (χ4v) is 3.13. The van der Waals surface area contributed by atoms with Gasteiger partial charge < -0.3 is 10.6 Å². The van der Waals surface area contributed by atoms with Crippen LogP contribution in [0.4, 0.5) is 5.69 Å². The minimum absolute atomic E-state index is 0. The third-order valence-electron chi connectivity index (χ3n) is 4.55. The number of halogens is 1. The van der Waals surface area contributed by atoms with E-state index in [0.717, 1.165) is 37.7 Å². The molecule has 0 saturated carbocycles. The Morgan fingerprint density at radius 1 is 1.26 bits per heavy atom. The van der Waals surface area contributed by atoms with Crippen LogP contribution in [0.5, 0.6) is 0 Å². The average Bonchev–Trinajstić information content (AvgIpc) is 2.54. The third kappa shape index (κ3) is 6.50. The van der Waals surface area contributed by atoms with Crippen molar-refractivity contribution < 1.29 is 4.79 Å². The van der Waals surface area contributed by atoms with E-state index in [1.807, 2.05) is 25.2 Å². The van der Waals surface area contributed by atoms with Gasteiger partial charge in [-0.15, -0.1) is 12.4 Å². The summed E-state index contributed by atoms with van der Waals surface area (Å²) < 4.78 is 0. The lowest BCUT2D eigenvalue weighted by molar-refractivity contribution is -0.117. The Labute approximate surface area is 146 Å². The number of hydrogen-bond donors (Lipinski definition) is 2. The van der Waals surface area contributed by atoms with Gasteiger partial charge in [0, 0.05) is 5.69 Å². The third-order valence-corrected chi connectivity index (χ3v) is 4.55. The van der Waals surface area contributed by atoms with Crippen LogP contribution < -0.4 is 10.6 Å². The van der Waals surface area contributed by atoms with Gasteiger partial charge in [-0.1, -0.05) is 25.1 Å². The van der Waals surface area contributed by atoms with Gasteiger partial charge in [0.1, 0.15) is 0 Å². The molecule has 2 rings (SSSR count). The van der Waals surface area contributed by atoms with Gasteiger partial charge in [-0.3, -0.25) is 9.69 Å². The molecule has 0 aliphatic carbocycles. The fourth-order valence-electron chi connectivity index (χ4n) is 3.13. The second-order valence-corrected chi connectivity index (χ2v) is 6.17. The van der Waals surface area contributed by atoms with E-state index in [1.165, 1.54) is 24.8 Å². The van der Waals surface area contributed by atoms with Crippen LogP contribution in [0.1, 0.15) is 31.7 Å². The van der Waals surface area contributed by atoms with Crippen molar-refractivity contribution in [1.82, 2.24) is 10.2 Å². The highest BCUT2D eigenvalue weighted by atomic mass is 35.5. The highest BCUT2D eigenvalue weighted by Crippen LogP contribution is 2.20. The highest BCUT2D eigenvalue weighted by molar-refractivity contribution is 5.93. The maximum absolute atomic E-state index is 12.2. The van der Waals surface area contributed by atoms with Crippen LogP contribution in [-0.2, 0) is 11.2 Å². The Kier molecular flexibility index (Phi) is 9.22. The maximum Gasteiger partial charge on any atom is 0.238 e. The number of anilines is 1. The molecule has 0 bridgehead atoms. The summed E-state index contributed by atoms with van der Waals surface area (Å²) in [5.41, 5.74) is 2.15. The molecule has 0 spiro atoms. The Hall–Kier alpha value is -1.10. The number of carbonyl (C=O) groups excluding carboxylic acids is 1. The van der Waals surface area contributed by atoms with Gasteiger partial charge in [-0.2, -0.15) is 0 Å². The zero-order valence-electron chi connectivity index (χ0n) is 14.3. The first kappa shape index (κ1) is 19.9. The molecule has 0 radical (unpaired) electrons. The molecule has 130 valence electrons. The summed E-state index contributed by atoms with van der Waals surface area (Å²) in [5.74, 6) is 0.919. The van der Waals surface area contributed by atoms with Crippen LogP contribution in [0.3, 0.4) is 0 Å². The number of likely N-dealkylation sites (tertiary alicyclic amines) is 1. The molecule has 1 aromatic rings. The summed E-state index contributed by atoms with van der Waals surface area (Å²) in [7, 11) is 2.01. The first-order chi connectivity index (χ1) is 10.7. The number of piperidine rings is 1. The van der Waals surface area contributed by atoms with Gasteiger partial charge in [-0.25, -0.2) is 0 Å². The van der Waals surface area contributed by atoms with E-state index in [4.69, 9.17) is 0 Å². The average molecular weight is 340 g/mol. The normalized spacial score (nSPS) is 15.9. The number of carbonyl (C=O) groups is 1. The van der Waals surface area contributed by atoms with Gasteiger partial charge in [0.15, 0.2) is 0 Å². The van der Waals surface area contributed by atoms with E-state index in [2.05, 4.69) is 28.5 Å². The second kappa shape index (κ2) is 10.6. The molecule has 1 saturated heterocycles. The predicted molar refractivity (Wildman–Crippen MR) is 99.4 cm³/mol. The molecule has 0 atom stereocenters. The molecule has 0 aromatic heterocycles. The Morgan fingerprint density at radius 2 is 1.96 bits per heavy atom. The smallest absolute Gasteiger partial charge is 0.238 e. The molecule has 1 amide bonds. The summed E-state index contributed by atoms with van der Waals surface area (Å²) in [6.07, 6.45) is 4.61. The van der Waals surface area contributed by atoms with Gasteiger partial charge in [0.05, 0.1) is 6.54 Å². The lowest BCUT2D eigenvalue weighted by Gasteiger charge is -2.31. The summed E-state index contributed by atoms with van der Waals surface area (Å²) in [5, 5.41) is 6.28. The number of para-hydroxylation sites is 1. The van der Waals surface area contributed by atoms with E-state index in [1.54, 1.807) is 0 Å². The largest absolute Gasteiger partial charge is 0.325 e. The molecule has 1 aromatic carbocycles. The zero-order valence-corrected chi connectivity index (χ0v) is 15.1. The molecule has 1 aliphatic rings. The predicted octanol–water partition coefficient (Wildman–Crippen LogP) is 2.93. The summed E-state index contributed by atoms with van der Waals surface area (Å²) >= 11 is 0. The molecule has 4 nitrogen and oxygen atoms in total. The van der Waals surface area contributed by atoms with Crippen molar-refractivity contribution in [2.24, 2.45) is 5.92 Å². The van der Waals surface area contributed by atoms with E-state index < -0.39 is 0 Å². The van der Waals surface area contributed by atoms with E-state index >= 15 is 0 Å². The van der Waals surface area contributed by atoms with Crippen molar-refractivity contribution in [2.75, 3.05) is 38.5 Å². The number of hydrogen-bond acceptors (Lipinski definition) is 3. The fraction of sp³-hybridized carbons (Fsp3) is 0.611. The van der Waals surface area contributed by atoms with Gasteiger partial charge >= 0.3 is 0 Å². The lowest BCUT2D eigenvalue weighted by Crippen LogP contribution is -2.39. The topological polar surface area (TPSA) is 44.4 Å². The summed E-state index contributed by atoms with van der Waals surface area (Å²) in [6.45, 7) is 5.80. The first-order valence-corrected chi connectivity index (χ1v) is 8.47. The van der Waals surface area contributed by atoms with Crippen LogP contribution in [-0.4, -0.2) is 44.0 Å². The Morgan fingerprint density at radius 3 is 2.61 bits per heavy atom. The van der Waals surface area contributed by atoms with E-state index in [9.17, 15) is 4.79 Å². The van der Waals surface area contributed by atoms with Crippen LogP contribution >= 0.6 is 12.4 Å². The van der Waals surface area contributed by atoms with Crippen molar-refractivity contribution in [3.63, 3.8) is 0 Å². The van der Waals surface area contributed by atoms with Gasteiger partial charge in [0.25, 0.3) is 0 Å². The molecule has 1 heterocycles. The molecule has 1 fully saturated rings. The van der Waals surface area contributed by atoms with Crippen molar-refractivity contribution in [3.05, 3.63) is 29.8 Å². The number of nitrogens with one attached hydrogen (secondary N) is 2. The van der Waals surface area contributed by atoms with Crippen molar-refractivity contribution >= 4 is 24.0 Å². The minimum Gasteiger partial charge on any atom is -0.325 e. The van der Waals surface area contributed by atoms with Crippen LogP contribution in [0.25, 0.3) is 0 Å². The van der Waals surface area contributed by atoms with Crippen molar-refractivity contribution in [1.29, 1.82) is 0 Å². The SMILES string of the molecule is CCc1ccccc1NC(=O)CN1CCC(CCNC)CC1.Cl. The molecule has 0 unspecified atom stereocenters. The molecule has 23 heavy (non-hydrogen) atoms.